The predicted molar refractivity (Wildman–Crippen MR) is 64.2 cm³/mol. The van der Waals surface area contributed by atoms with Gasteiger partial charge in [0.2, 0.25) is 0 Å². The molecular formula is C8H5FIN3S. The number of benzene rings is 1. The number of thiocarbonyl (C=S) groups is 1. The Hall–Kier alpha value is -0.940. The van der Waals surface area contributed by atoms with Crippen molar-refractivity contribution in [1.82, 2.24) is 0 Å². The lowest BCUT2D eigenvalue weighted by Gasteiger charge is -2.06. The molecule has 3 N–H and O–H groups in total. The van der Waals surface area contributed by atoms with Gasteiger partial charge in [-0.25, -0.2) is 4.39 Å². The second kappa shape index (κ2) is 4.52. The molecule has 0 bridgehead atoms. The van der Waals surface area contributed by atoms with Crippen LogP contribution in [0.3, 0.4) is 0 Å². The Morgan fingerprint density at radius 3 is 2.79 bits per heavy atom. The van der Waals surface area contributed by atoms with Gasteiger partial charge in [-0.1, -0.05) is 0 Å². The van der Waals surface area contributed by atoms with Crippen molar-refractivity contribution in [2.24, 2.45) is 5.73 Å². The fourth-order valence-corrected chi connectivity index (χ4v) is 1.57. The fourth-order valence-electron chi connectivity index (χ4n) is 0.861. The van der Waals surface area contributed by atoms with Crippen LogP contribution in [0.25, 0.3) is 0 Å². The number of rotatable bonds is 1. The van der Waals surface area contributed by atoms with Gasteiger partial charge >= 0.3 is 0 Å². The summed E-state index contributed by atoms with van der Waals surface area (Å²) in [6.07, 6.45) is 0. The molecule has 0 aliphatic heterocycles. The summed E-state index contributed by atoms with van der Waals surface area (Å²) < 4.78 is 13.8. The predicted octanol–water partition coefficient (Wildman–Crippen LogP) is 1.96. The fraction of sp³-hybridized carbons (Fsp3) is 0. The molecule has 0 atom stereocenters. The van der Waals surface area contributed by atoms with E-state index >= 15 is 0 Å². The number of hydrogen-bond donors (Lipinski definition) is 2. The lowest BCUT2D eigenvalue weighted by atomic mass is 10.2. The molecule has 0 aliphatic carbocycles. The van der Waals surface area contributed by atoms with Gasteiger partial charge in [0, 0.05) is 3.57 Å². The van der Waals surface area contributed by atoms with E-state index in [1.54, 1.807) is 6.07 Å². The number of nitrogens with zero attached hydrogens (tertiary/aromatic N) is 1. The summed E-state index contributed by atoms with van der Waals surface area (Å²) in [5.74, 6) is -0.591. The molecule has 6 heteroatoms. The van der Waals surface area contributed by atoms with E-state index < -0.39 is 5.82 Å². The Bertz CT molecular complexity index is 427. The Morgan fingerprint density at radius 1 is 1.64 bits per heavy atom. The van der Waals surface area contributed by atoms with Gasteiger partial charge in [-0.2, -0.15) is 5.26 Å². The Kier molecular flexibility index (Phi) is 3.60. The molecule has 1 aromatic rings. The van der Waals surface area contributed by atoms with E-state index in [4.69, 9.17) is 11.0 Å². The first-order chi connectivity index (χ1) is 6.54. The molecule has 72 valence electrons. The number of anilines is 1. The standard InChI is InChI=1S/C8H5FIN3S/c9-5-2-7(13-8(12)14)6(10)1-4(5)3-11/h1-2H,(H3,12,13,14). The average molecular weight is 321 g/mol. The van der Waals surface area contributed by atoms with E-state index in [1.165, 1.54) is 12.1 Å². The van der Waals surface area contributed by atoms with Crippen LogP contribution < -0.4 is 11.1 Å². The molecule has 0 fully saturated rings. The van der Waals surface area contributed by atoms with Crippen molar-refractivity contribution in [2.45, 2.75) is 0 Å². The normalized spacial score (nSPS) is 9.21. The van der Waals surface area contributed by atoms with Crippen molar-refractivity contribution < 1.29 is 4.39 Å². The molecule has 0 saturated carbocycles. The minimum absolute atomic E-state index is 0.00268. The topological polar surface area (TPSA) is 61.8 Å². The second-order valence-corrected chi connectivity index (χ2v) is 4.01. The number of nitrogens with one attached hydrogen (secondary N) is 1. The van der Waals surface area contributed by atoms with E-state index in [0.717, 1.165) is 0 Å². The van der Waals surface area contributed by atoms with Gasteiger partial charge in [0.05, 0.1) is 11.3 Å². The van der Waals surface area contributed by atoms with Crippen LogP contribution in [0.15, 0.2) is 12.1 Å². The number of halogens is 2. The molecule has 0 radical (unpaired) electrons. The zero-order valence-corrected chi connectivity index (χ0v) is 9.82. The van der Waals surface area contributed by atoms with E-state index in [2.05, 4.69) is 17.5 Å². The van der Waals surface area contributed by atoms with Crippen molar-refractivity contribution in [3.63, 3.8) is 0 Å². The molecule has 14 heavy (non-hydrogen) atoms. The summed E-state index contributed by atoms with van der Waals surface area (Å²) >= 11 is 6.58. The number of nitriles is 1. The maximum atomic E-state index is 13.1. The first kappa shape index (κ1) is 11.1. The zero-order chi connectivity index (χ0) is 10.7. The van der Waals surface area contributed by atoms with Gasteiger partial charge in [0.25, 0.3) is 0 Å². The van der Waals surface area contributed by atoms with E-state index in [-0.39, 0.29) is 10.7 Å². The Balaban J connectivity index is 3.16. The highest BCUT2D eigenvalue weighted by molar-refractivity contribution is 14.1. The smallest absolute Gasteiger partial charge is 0.168 e. The summed E-state index contributed by atoms with van der Waals surface area (Å²) in [5, 5.41) is 11.2. The molecule has 3 nitrogen and oxygen atoms in total. The summed E-state index contributed by atoms with van der Waals surface area (Å²) in [7, 11) is 0. The van der Waals surface area contributed by atoms with Crippen LogP contribution in [0, 0.1) is 20.7 Å². The van der Waals surface area contributed by atoms with Gasteiger partial charge in [0.15, 0.2) is 5.11 Å². The highest BCUT2D eigenvalue weighted by Gasteiger charge is 2.07. The summed E-state index contributed by atoms with van der Waals surface area (Å²) in [5.41, 5.74) is 5.71. The largest absolute Gasteiger partial charge is 0.376 e. The van der Waals surface area contributed by atoms with E-state index in [0.29, 0.717) is 9.26 Å². The first-order valence-electron chi connectivity index (χ1n) is 3.50. The zero-order valence-electron chi connectivity index (χ0n) is 6.84. The maximum Gasteiger partial charge on any atom is 0.168 e. The monoisotopic (exact) mass is 321 g/mol. The summed E-state index contributed by atoms with van der Waals surface area (Å²) in [4.78, 5) is 0. The lowest BCUT2D eigenvalue weighted by molar-refractivity contribution is 0.624. The van der Waals surface area contributed by atoms with E-state index in [9.17, 15) is 4.39 Å². The van der Waals surface area contributed by atoms with Gasteiger partial charge in [0.1, 0.15) is 11.9 Å². The SMILES string of the molecule is N#Cc1cc(I)c(NC(N)=S)cc1F. The molecule has 0 aliphatic rings. The Labute approximate surface area is 99.2 Å². The number of nitrogens with two attached hydrogens (primary N) is 1. The minimum Gasteiger partial charge on any atom is -0.376 e. The van der Waals surface area contributed by atoms with Crippen LogP contribution in [0.4, 0.5) is 10.1 Å². The van der Waals surface area contributed by atoms with Crippen LogP contribution in [0.1, 0.15) is 5.56 Å². The van der Waals surface area contributed by atoms with Gasteiger partial charge in [-0.15, -0.1) is 0 Å². The summed E-state index contributed by atoms with van der Waals surface area (Å²) in [6, 6.07) is 4.37. The second-order valence-electron chi connectivity index (χ2n) is 2.41. The van der Waals surface area contributed by atoms with Crippen molar-refractivity contribution in [1.29, 1.82) is 5.26 Å². The van der Waals surface area contributed by atoms with Crippen molar-refractivity contribution in [3.8, 4) is 6.07 Å². The van der Waals surface area contributed by atoms with Crippen LogP contribution in [-0.2, 0) is 0 Å². The van der Waals surface area contributed by atoms with Gasteiger partial charge in [-0.3, -0.25) is 0 Å². The highest BCUT2D eigenvalue weighted by Crippen LogP contribution is 2.21. The van der Waals surface area contributed by atoms with Crippen molar-refractivity contribution in [3.05, 3.63) is 27.1 Å². The van der Waals surface area contributed by atoms with Crippen LogP contribution in [-0.4, -0.2) is 5.11 Å². The van der Waals surface area contributed by atoms with E-state index in [1.807, 2.05) is 22.6 Å². The molecule has 0 spiro atoms. The van der Waals surface area contributed by atoms with Crippen LogP contribution in [0.5, 0.6) is 0 Å². The molecule has 0 amide bonds. The highest BCUT2D eigenvalue weighted by atomic mass is 127. The van der Waals surface area contributed by atoms with Crippen molar-refractivity contribution in [2.75, 3.05) is 5.32 Å². The maximum absolute atomic E-state index is 13.1. The van der Waals surface area contributed by atoms with Crippen LogP contribution >= 0.6 is 34.8 Å². The minimum atomic E-state index is -0.591. The lowest BCUT2D eigenvalue weighted by Crippen LogP contribution is -2.19. The summed E-state index contributed by atoms with van der Waals surface area (Å²) in [6.45, 7) is 0. The Morgan fingerprint density at radius 2 is 2.29 bits per heavy atom. The van der Waals surface area contributed by atoms with Gasteiger partial charge < -0.3 is 11.1 Å². The quantitative estimate of drug-likeness (QED) is 0.613. The first-order valence-corrected chi connectivity index (χ1v) is 4.99. The molecule has 0 saturated heterocycles. The molecule has 1 aromatic carbocycles. The van der Waals surface area contributed by atoms with Gasteiger partial charge in [-0.05, 0) is 46.9 Å². The molecule has 0 heterocycles. The molecule has 0 aromatic heterocycles. The average Bonchev–Trinajstić information content (AvgIpc) is 2.10. The third kappa shape index (κ3) is 2.52. The van der Waals surface area contributed by atoms with Crippen molar-refractivity contribution >= 4 is 45.6 Å². The third-order valence-electron chi connectivity index (χ3n) is 1.44. The molecular weight excluding hydrogens is 316 g/mol. The van der Waals surface area contributed by atoms with Crippen LogP contribution in [0.2, 0.25) is 0 Å². The molecule has 1 rings (SSSR count). The third-order valence-corrected chi connectivity index (χ3v) is 2.43. The molecule has 0 unspecified atom stereocenters. The number of hydrogen-bond acceptors (Lipinski definition) is 2.